The number of nitrogens with zero attached hydrogens (tertiary/aromatic N) is 1. The van der Waals surface area contributed by atoms with Gasteiger partial charge in [-0.15, -0.1) is 0 Å². The highest BCUT2D eigenvalue weighted by Crippen LogP contribution is 2.20. The molecule has 2 rings (SSSR count). The Bertz CT molecular complexity index is 619. The molecule has 6 heteroatoms. The van der Waals surface area contributed by atoms with Gasteiger partial charge in [-0.2, -0.15) is 0 Å². The molecular formula is C15H16ClN3O2. The average molecular weight is 306 g/mol. The lowest BCUT2D eigenvalue weighted by Gasteiger charge is -2.08. The zero-order valence-corrected chi connectivity index (χ0v) is 12.1. The van der Waals surface area contributed by atoms with E-state index in [2.05, 4.69) is 10.3 Å². The van der Waals surface area contributed by atoms with Crippen molar-refractivity contribution in [2.45, 2.75) is 12.8 Å². The normalized spacial score (nSPS) is 10.1. The van der Waals surface area contributed by atoms with Crippen molar-refractivity contribution in [1.82, 2.24) is 4.98 Å². The summed E-state index contributed by atoms with van der Waals surface area (Å²) < 4.78 is 5.52. The fraction of sp³-hybridized carbons (Fsp3) is 0.200. The van der Waals surface area contributed by atoms with Gasteiger partial charge in [0.1, 0.15) is 10.9 Å². The molecule has 1 amide bonds. The number of rotatable bonds is 6. The van der Waals surface area contributed by atoms with E-state index in [0.29, 0.717) is 41.7 Å². The second-order valence-corrected chi connectivity index (χ2v) is 4.79. The highest BCUT2D eigenvalue weighted by molar-refractivity contribution is 6.29. The van der Waals surface area contributed by atoms with Crippen molar-refractivity contribution in [1.29, 1.82) is 0 Å². The van der Waals surface area contributed by atoms with Crippen molar-refractivity contribution < 1.29 is 9.53 Å². The lowest BCUT2D eigenvalue weighted by Crippen LogP contribution is -2.13. The predicted octanol–water partition coefficient (Wildman–Crippen LogP) is 3.11. The first-order valence-electron chi connectivity index (χ1n) is 6.54. The second-order valence-electron chi connectivity index (χ2n) is 4.41. The molecule has 2 aromatic rings. The monoisotopic (exact) mass is 305 g/mol. The molecular weight excluding hydrogens is 290 g/mol. The molecule has 0 atom stereocenters. The minimum Gasteiger partial charge on any atom is -0.491 e. The molecule has 0 fully saturated rings. The summed E-state index contributed by atoms with van der Waals surface area (Å²) in [5.74, 6) is 0.542. The van der Waals surface area contributed by atoms with Crippen LogP contribution in [0, 0.1) is 0 Å². The van der Waals surface area contributed by atoms with Gasteiger partial charge in [-0.3, -0.25) is 4.79 Å². The van der Waals surface area contributed by atoms with E-state index >= 15 is 0 Å². The van der Waals surface area contributed by atoms with E-state index < -0.39 is 0 Å². The molecule has 1 aromatic heterocycles. The Kier molecular flexibility index (Phi) is 5.40. The van der Waals surface area contributed by atoms with Crippen LogP contribution in [-0.4, -0.2) is 17.5 Å². The first-order valence-corrected chi connectivity index (χ1v) is 6.91. The summed E-state index contributed by atoms with van der Waals surface area (Å²) in [6.45, 7) is 0.429. The van der Waals surface area contributed by atoms with Crippen molar-refractivity contribution in [3.63, 3.8) is 0 Å². The number of ether oxygens (including phenoxy) is 1. The lowest BCUT2D eigenvalue weighted by molar-refractivity contribution is -0.116. The van der Waals surface area contributed by atoms with Crippen molar-refractivity contribution >= 4 is 28.9 Å². The molecule has 0 bridgehead atoms. The van der Waals surface area contributed by atoms with Gasteiger partial charge in [0.15, 0.2) is 0 Å². The number of nitrogen functional groups attached to an aromatic ring is 1. The SMILES string of the molecule is Nc1ccccc1OCCCC(=O)Nc1ccnc(Cl)c1. The first kappa shape index (κ1) is 15.1. The Balaban J connectivity index is 1.71. The third-order valence-corrected chi connectivity index (χ3v) is 2.94. The molecule has 0 aliphatic heterocycles. The average Bonchev–Trinajstić information content (AvgIpc) is 2.45. The van der Waals surface area contributed by atoms with Crippen LogP contribution in [0.1, 0.15) is 12.8 Å². The van der Waals surface area contributed by atoms with Gasteiger partial charge in [0.05, 0.1) is 12.3 Å². The summed E-state index contributed by atoms with van der Waals surface area (Å²) in [6, 6.07) is 10.6. The second kappa shape index (κ2) is 7.50. The third-order valence-electron chi connectivity index (χ3n) is 2.74. The van der Waals surface area contributed by atoms with Crippen LogP contribution in [0.2, 0.25) is 5.15 Å². The van der Waals surface area contributed by atoms with Gasteiger partial charge >= 0.3 is 0 Å². The van der Waals surface area contributed by atoms with E-state index in [9.17, 15) is 4.79 Å². The molecule has 0 radical (unpaired) electrons. The van der Waals surface area contributed by atoms with Crippen LogP contribution in [-0.2, 0) is 4.79 Å². The molecule has 110 valence electrons. The quantitative estimate of drug-likeness (QED) is 0.488. The highest BCUT2D eigenvalue weighted by atomic mass is 35.5. The number of hydrogen-bond acceptors (Lipinski definition) is 4. The van der Waals surface area contributed by atoms with E-state index in [0.717, 1.165) is 0 Å². The number of carbonyl (C=O) groups excluding carboxylic acids is 1. The van der Waals surface area contributed by atoms with Crippen LogP contribution in [0.5, 0.6) is 5.75 Å². The molecule has 21 heavy (non-hydrogen) atoms. The fourth-order valence-corrected chi connectivity index (χ4v) is 1.90. The zero-order valence-electron chi connectivity index (χ0n) is 11.4. The van der Waals surface area contributed by atoms with Gasteiger partial charge < -0.3 is 15.8 Å². The number of pyridine rings is 1. The van der Waals surface area contributed by atoms with Crippen molar-refractivity contribution in [3.8, 4) is 5.75 Å². The highest BCUT2D eigenvalue weighted by Gasteiger charge is 2.04. The number of amides is 1. The Morgan fingerprint density at radius 1 is 1.33 bits per heavy atom. The molecule has 5 nitrogen and oxygen atoms in total. The van der Waals surface area contributed by atoms with Crippen LogP contribution < -0.4 is 15.8 Å². The molecule has 1 heterocycles. The van der Waals surface area contributed by atoms with Crippen LogP contribution in [0.4, 0.5) is 11.4 Å². The van der Waals surface area contributed by atoms with E-state index in [-0.39, 0.29) is 5.91 Å². The summed E-state index contributed by atoms with van der Waals surface area (Å²) in [5.41, 5.74) is 6.98. The largest absolute Gasteiger partial charge is 0.491 e. The number of halogens is 1. The third kappa shape index (κ3) is 4.96. The minimum atomic E-state index is -0.0955. The van der Waals surface area contributed by atoms with Gasteiger partial charge in [0.25, 0.3) is 0 Å². The summed E-state index contributed by atoms with van der Waals surface area (Å²) >= 11 is 5.74. The van der Waals surface area contributed by atoms with E-state index in [4.69, 9.17) is 22.1 Å². The fourth-order valence-electron chi connectivity index (χ4n) is 1.73. The van der Waals surface area contributed by atoms with Crippen molar-refractivity contribution in [3.05, 3.63) is 47.7 Å². The topological polar surface area (TPSA) is 77.2 Å². The van der Waals surface area contributed by atoms with Crippen LogP contribution >= 0.6 is 11.6 Å². The molecule has 0 aliphatic carbocycles. The van der Waals surface area contributed by atoms with Crippen molar-refractivity contribution in [2.24, 2.45) is 0 Å². The molecule has 0 aliphatic rings. The molecule has 0 saturated carbocycles. The van der Waals surface area contributed by atoms with Crippen LogP contribution in [0.25, 0.3) is 0 Å². The minimum absolute atomic E-state index is 0.0955. The molecule has 0 unspecified atom stereocenters. The number of aromatic nitrogens is 1. The summed E-state index contributed by atoms with van der Waals surface area (Å²) in [7, 11) is 0. The lowest BCUT2D eigenvalue weighted by atomic mass is 10.3. The molecule has 0 saturated heterocycles. The van der Waals surface area contributed by atoms with E-state index in [1.54, 1.807) is 30.5 Å². The molecule has 3 N–H and O–H groups in total. The smallest absolute Gasteiger partial charge is 0.224 e. The van der Waals surface area contributed by atoms with E-state index in [1.165, 1.54) is 0 Å². The maximum atomic E-state index is 11.7. The Morgan fingerprint density at radius 2 is 2.14 bits per heavy atom. The number of nitrogens with one attached hydrogen (secondary N) is 1. The van der Waals surface area contributed by atoms with Crippen LogP contribution in [0.15, 0.2) is 42.6 Å². The van der Waals surface area contributed by atoms with E-state index in [1.807, 2.05) is 12.1 Å². The Labute approximate surface area is 128 Å². The zero-order chi connectivity index (χ0) is 15.1. The summed E-state index contributed by atoms with van der Waals surface area (Å²) in [6.07, 6.45) is 2.49. The summed E-state index contributed by atoms with van der Waals surface area (Å²) in [4.78, 5) is 15.6. The molecule has 1 aromatic carbocycles. The number of benzene rings is 1. The maximum Gasteiger partial charge on any atom is 0.224 e. The van der Waals surface area contributed by atoms with Gasteiger partial charge in [-0.25, -0.2) is 4.98 Å². The van der Waals surface area contributed by atoms with Crippen LogP contribution in [0.3, 0.4) is 0 Å². The number of para-hydroxylation sites is 2. The number of nitrogens with two attached hydrogens (primary N) is 1. The van der Waals surface area contributed by atoms with Gasteiger partial charge in [0, 0.05) is 18.3 Å². The number of hydrogen-bond donors (Lipinski definition) is 2. The molecule has 0 spiro atoms. The first-order chi connectivity index (χ1) is 10.1. The van der Waals surface area contributed by atoms with Gasteiger partial charge in [0.2, 0.25) is 5.91 Å². The van der Waals surface area contributed by atoms with Crippen molar-refractivity contribution in [2.75, 3.05) is 17.7 Å². The maximum absolute atomic E-state index is 11.7. The predicted molar refractivity (Wildman–Crippen MR) is 83.5 cm³/mol. The van der Waals surface area contributed by atoms with Gasteiger partial charge in [-0.1, -0.05) is 23.7 Å². The Hall–Kier alpha value is -2.27. The van der Waals surface area contributed by atoms with Gasteiger partial charge in [-0.05, 0) is 30.7 Å². The number of anilines is 2. The summed E-state index contributed by atoms with van der Waals surface area (Å²) in [5, 5.41) is 3.09. The Morgan fingerprint density at radius 3 is 2.90 bits per heavy atom. The standard InChI is InChI=1S/C15H16ClN3O2/c16-14-10-11(7-8-18-14)19-15(20)6-3-9-21-13-5-2-1-4-12(13)17/h1-2,4-5,7-8,10H,3,6,9,17H2,(H,18,19,20). The number of carbonyl (C=O) groups is 1.